The highest BCUT2D eigenvalue weighted by atomic mass is 19.1. The van der Waals surface area contributed by atoms with Gasteiger partial charge in [0.1, 0.15) is 11.5 Å². The van der Waals surface area contributed by atoms with E-state index in [4.69, 9.17) is 10.5 Å². The first-order valence-corrected chi connectivity index (χ1v) is 6.12. The predicted molar refractivity (Wildman–Crippen MR) is 70.1 cm³/mol. The molecular formula is C13H15FN4O2. The Kier molecular flexibility index (Phi) is 4.29. The maximum Gasteiger partial charge on any atom is 0.404 e. The van der Waals surface area contributed by atoms with Gasteiger partial charge in [0, 0.05) is 18.7 Å². The lowest BCUT2D eigenvalue weighted by atomic mass is 10.2. The van der Waals surface area contributed by atoms with Gasteiger partial charge in [-0.2, -0.15) is 5.10 Å². The molecule has 2 rings (SSSR count). The van der Waals surface area contributed by atoms with Crippen molar-refractivity contribution in [2.24, 2.45) is 11.7 Å². The second-order valence-electron chi connectivity index (χ2n) is 4.52. The maximum atomic E-state index is 12.8. The van der Waals surface area contributed by atoms with Crippen molar-refractivity contribution in [3.8, 4) is 11.4 Å². The minimum atomic E-state index is -0.784. The van der Waals surface area contributed by atoms with Crippen LogP contribution in [0.1, 0.15) is 6.92 Å². The molecule has 0 saturated heterocycles. The molecule has 106 valence electrons. The molecule has 0 spiro atoms. The fraction of sp³-hybridized carbons (Fsp3) is 0.308. The Morgan fingerprint density at radius 3 is 2.90 bits per heavy atom. The van der Waals surface area contributed by atoms with E-state index in [-0.39, 0.29) is 18.3 Å². The van der Waals surface area contributed by atoms with Crippen molar-refractivity contribution in [3.63, 3.8) is 0 Å². The van der Waals surface area contributed by atoms with Gasteiger partial charge in [-0.15, -0.1) is 0 Å². The molecule has 0 fully saturated rings. The van der Waals surface area contributed by atoms with Crippen molar-refractivity contribution in [2.75, 3.05) is 6.61 Å². The fourth-order valence-corrected chi connectivity index (χ4v) is 1.72. The highest BCUT2D eigenvalue weighted by Gasteiger charge is 2.09. The first kappa shape index (κ1) is 14.0. The number of hydrogen-bond donors (Lipinski definition) is 1. The Morgan fingerprint density at radius 2 is 2.25 bits per heavy atom. The van der Waals surface area contributed by atoms with Gasteiger partial charge in [-0.1, -0.05) is 6.92 Å². The van der Waals surface area contributed by atoms with E-state index in [2.05, 4.69) is 10.1 Å². The van der Waals surface area contributed by atoms with E-state index in [0.29, 0.717) is 17.9 Å². The van der Waals surface area contributed by atoms with Crippen molar-refractivity contribution < 1.29 is 13.9 Å². The summed E-state index contributed by atoms with van der Waals surface area (Å²) in [5.41, 5.74) is 6.17. The lowest BCUT2D eigenvalue weighted by Gasteiger charge is -2.10. The molecule has 0 aliphatic heterocycles. The third-order valence-corrected chi connectivity index (χ3v) is 2.64. The summed E-state index contributed by atoms with van der Waals surface area (Å²) < 4.78 is 19.2. The fourth-order valence-electron chi connectivity index (χ4n) is 1.72. The monoisotopic (exact) mass is 278 g/mol. The van der Waals surface area contributed by atoms with E-state index >= 15 is 0 Å². The third-order valence-electron chi connectivity index (χ3n) is 2.64. The highest BCUT2D eigenvalue weighted by Crippen LogP contribution is 2.14. The zero-order valence-corrected chi connectivity index (χ0v) is 11.0. The lowest BCUT2D eigenvalue weighted by Crippen LogP contribution is -2.20. The van der Waals surface area contributed by atoms with Crippen LogP contribution in [0, 0.1) is 11.7 Å². The molecule has 0 saturated carbocycles. The molecule has 2 N–H and O–H groups in total. The number of ether oxygens (including phenoxy) is 1. The normalized spacial score (nSPS) is 12.1. The van der Waals surface area contributed by atoms with Crippen LogP contribution in [0.25, 0.3) is 11.4 Å². The number of carbonyl (C=O) groups is 1. The number of primary amides is 1. The number of nitrogens with zero attached hydrogens (tertiary/aromatic N) is 3. The summed E-state index contributed by atoms with van der Waals surface area (Å²) in [5.74, 6) is -0.304. The van der Waals surface area contributed by atoms with Gasteiger partial charge in [0.25, 0.3) is 0 Å². The van der Waals surface area contributed by atoms with Gasteiger partial charge in [0.15, 0.2) is 0 Å². The molecule has 2 heterocycles. The number of nitrogens with two attached hydrogens (primary N) is 1. The summed E-state index contributed by atoms with van der Waals surface area (Å²) >= 11 is 0. The molecular weight excluding hydrogens is 263 g/mol. The van der Waals surface area contributed by atoms with Crippen LogP contribution in [-0.2, 0) is 11.3 Å². The SMILES string of the molecule is C[C@H](COC(N)=O)Cn1ccc(-c2ccc(F)cn2)n1. The molecule has 1 amide bonds. The number of pyridine rings is 1. The molecule has 7 heteroatoms. The molecule has 20 heavy (non-hydrogen) atoms. The number of amides is 1. The summed E-state index contributed by atoms with van der Waals surface area (Å²) in [6.07, 6.45) is 2.16. The maximum absolute atomic E-state index is 12.8. The van der Waals surface area contributed by atoms with Crippen molar-refractivity contribution in [1.82, 2.24) is 14.8 Å². The van der Waals surface area contributed by atoms with Gasteiger partial charge in [-0.25, -0.2) is 9.18 Å². The molecule has 0 aliphatic rings. The lowest BCUT2D eigenvalue weighted by molar-refractivity contribution is 0.134. The second-order valence-corrected chi connectivity index (χ2v) is 4.52. The molecule has 0 aromatic carbocycles. The largest absolute Gasteiger partial charge is 0.449 e. The van der Waals surface area contributed by atoms with E-state index in [1.807, 2.05) is 6.92 Å². The number of carbonyl (C=O) groups excluding carboxylic acids is 1. The smallest absolute Gasteiger partial charge is 0.404 e. The van der Waals surface area contributed by atoms with E-state index < -0.39 is 6.09 Å². The Bertz CT molecular complexity index is 582. The Balaban J connectivity index is 1.98. The van der Waals surface area contributed by atoms with Crippen molar-refractivity contribution in [1.29, 1.82) is 0 Å². The number of hydrogen-bond acceptors (Lipinski definition) is 4. The van der Waals surface area contributed by atoms with Crippen LogP contribution in [0.3, 0.4) is 0 Å². The van der Waals surface area contributed by atoms with Gasteiger partial charge >= 0.3 is 6.09 Å². The first-order chi connectivity index (χ1) is 9.54. The average molecular weight is 278 g/mol. The van der Waals surface area contributed by atoms with Gasteiger partial charge < -0.3 is 10.5 Å². The Hall–Kier alpha value is -2.44. The zero-order valence-electron chi connectivity index (χ0n) is 11.0. The molecule has 2 aromatic heterocycles. The van der Waals surface area contributed by atoms with Crippen LogP contribution in [0.5, 0.6) is 0 Å². The van der Waals surface area contributed by atoms with Crippen molar-refractivity contribution in [3.05, 3.63) is 36.4 Å². The van der Waals surface area contributed by atoms with Gasteiger partial charge in [-0.3, -0.25) is 9.67 Å². The summed E-state index contributed by atoms with van der Waals surface area (Å²) in [6, 6.07) is 4.70. The molecule has 0 radical (unpaired) electrons. The van der Waals surface area contributed by atoms with E-state index in [1.165, 1.54) is 6.07 Å². The molecule has 6 nitrogen and oxygen atoms in total. The Morgan fingerprint density at radius 1 is 1.45 bits per heavy atom. The number of halogens is 1. The standard InChI is InChI=1S/C13H15FN4O2/c1-9(8-20-13(15)19)7-18-5-4-12(17-18)11-3-2-10(14)6-16-11/h2-6,9H,7-8H2,1H3,(H2,15,19)/t9-/m0/s1. The minimum absolute atomic E-state index is 0.0800. The van der Waals surface area contributed by atoms with Crippen LogP contribution in [0.15, 0.2) is 30.6 Å². The summed E-state index contributed by atoms with van der Waals surface area (Å²) in [6.45, 7) is 2.73. The van der Waals surface area contributed by atoms with E-state index in [1.54, 1.807) is 23.0 Å². The highest BCUT2D eigenvalue weighted by molar-refractivity contribution is 5.64. The van der Waals surface area contributed by atoms with Crippen molar-refractivity contribution >= 4 is 6.09 Å². The number of aromatic nitrogens is 3. The molecule has 0 bridgehead atoms. The summed E-state index contributed by atoms with van der Waals surface area (Å²) in [5, 5.41) is 4.34. The van der Waals surface area contributed by atoms with Gasteiger partial charge in [0.05, 0.1) is 18.5 Å². The minimum Gasteiger partial charge on any atom is -0.449 e. The Labute approximate surface area is 115 Å². The average Bonchev–Trinajstić information content (AvgIpc) is 2.85. The predicted octanol–water partition coefficient (Wildman–Crippen LogP) is 1.82. The molecule has 0 unspecified atom stereocenters. The second kappa shape index (κ2) is 6.14. The van der Waals surface area contributed by atoms with Crippen LogP contribution in [0.4, 0.5) is 9.18 Å². The quantitative estimate of drug-likeness (QED) is 0.904. The first-order valence-electron chi connectivity index (χ1n) is 6.12. The van der Waals surface area contributed by atoms with E-state index in [0.717, 1.165) is 6.20 Å². The summed E-state index contributed by atoms with van der Waals surface area (Å²) in [4.78, 5) is 14.5. The van der Waals surface area contributed by atoms with Crippen LogP contribution >= 0.6 is 0 Å². The van der Waals surface area contributed by atoms with Gasteiger partial charge in [-0.05, 0) is 18.2 Å². The van der Waals surface area contributed by atoms with E-state index in [9.17, 15) is 9.18 Å². The summed E-state index contributed by atoms with van der Waals surface area (Å²) in [7, 11) is 0. The topological polar surface area (TPSA) is 83.0 Å². The van der Waals surface area contributed by atoms with Crippen LogP contribution in [-0.4, -0.2) is 27.5 Å². The molecule has 1 atom stereocenters. The molecule has 2 aromatic rings. The van der Waals surface area contributed by atoms with Crippen molar-refractivity contribution in [2.45, 2.75) is 13.5 Å². The van der Waals surface area contributed by atoms with Crippen LogP contribution in [0.2, 0.25) is 0 Å². The van der Waals surface area contributed by atoms with Crippen LogP contribution < -0.4 is 5.73 Å². The zero-order chi connectivity index (χ0) is 14.5. The van der Waals surface area contributed by atoms with Gasteiger partial charge in [0.2, 0.25) is 0 Å². The number of rotatable bonds is 5. The third kappa shape index (κ3) is 3.78. The molecule has 0 aliphatic carbocycles.